The van der Waals surface area contributed by atoms with Gasteiger partial charge in [0.1, 0.15) is 12.4 Å². The predicted molar refractivity (Wildman–Crippen MR) is 79.6 cm³/mol. The van der Waals surface area contributed by atoms with Crippen LogP contribution in [0.25, 0.3) is 22.4 Å². The van der Waals surface area contributed by atoms with Crippen molar-refractivity contribution in [1.29, 1.82) is 0 Å². The number of nitrogens with zero attached hydrogens (tertiary/aromatic N) is 1. The summed E-state index contributed by atoms with van der Waals surface area (Å²) in [5, 5.41) is 0. The average molecular weight is 304 g/mol. The van der Waals surface area contributed by atoms with E-state index in [0.717, 1.165) is 16.6 Å². The molecular formula is C16H14F2N2O2. The summed E-state index contributed by atoms with van der Waals surface area (Å²) >= 11 is 0. The SMILES string of the molecule is COc1cc(-c2nc3ccccc3[nH]2)ccc1OCC(F)F. The predicted octanol–water partition coefficient (Wildman–Crippen LogP) is 3.88. The van der Waals surface area contributed by atoms with Crippen molar-refractivity contribution in [2.24, 2.45) is 0 Å². The van der Waals surface area contributed by atoms with Gasteiger partial charge in [0.25, 0.3) is 6.43 Å². The van der Waals surface area contributed by atoms with Gasteiger partial charge >= 0.3 is 0 Å². The maximum atomic E-state index is 12.2. The van der Waals surface area contributed by atoms with Crippen molar-refractivity contribution < 1.29 is 18.3 Å². The largest absolute Gasteiger partial charge is 0.493 e. The van der Waals surface area contributed by atoms with E-state index in [4.69, 9.17) is 9.47 Å². The molecule has 1 N–H and O–H groups in total. The van der Waals surface area contributed by atoms with Crippen LogP contribution in [0.5, 0.6) is 11.5 Å². The summed E-state index contributed by atoms with van der Waals surface area (Å²) in [5.41, 5.74) is 2.57. The van der Waals surface area contributed by atoms with Crippen LogP contribution in [0.15, 0.2) is 42.5 Å². The standard InChI is InChI=1S/C16H14F2N2O2/c1-21-14-8-10(6-7-13(14)22-9-15(17)18)16-19-11-4-2-3-5-12(11)20-16/h2-8,15H,9H2,1H3,(H,19,20). The van der Waals surface area contributed by atoms with E-state index in [1.54, 1.807) is 18.2 Å². The van der Waals surface area contributed by atoms with Gasteiger partial charge in [-0.25, -0.2) is 13.8 Å². The summed E-state index contributed by atoms with van der Waals surface area (Å²) < 4.78 is 34.7. The lowest BCUT2D eigenvalue weighted by atomic mass is 10.2. The minimum absolute atomic E-state index is 0.280. The van der Waals surface area contributed by atoms with Crippen molar-refractivity contribution >= 4 is 11.0 Å². The molecule has 114 valence electrons. The molecule has 22 heavy (non-hydrogen) atoms. The molecule has 0 radical (unpaired) electrons. The molecule has 1 aromatic heterocycles. The maximum absolute atomic E-state index is 12.2. The molecule has 0 aliphatic rings. The molecule has 2 aromatic carbocycles. The Kier molecular flexibility index (Phi) is 3.91. The van der Waals surface area contributed by atoms with Crippen LogP contribution in [0.3, 0.4) is 0 Å². The number of para-hydroxylation sites is 2. The van der Waals surface area contributed by atoms with Crippen molar-refractivity contribution in [2.75, 3.05) is 13.7 Å². The smallest absolute Gasteiger partial charge is 0.272 e. The second-order valence-electron chi connectivity index (χ2n) is 4.67. The van der Waals surface area contributed by atoms with Gasteiger partial charge in [0, 0.05) is 5.56 Å². The van der Waals surface area contributed by atoms with Crippen LogP contribution in [0, 0.1) is 0 Å². The number of imidazole rings is 1. The molecule has 0 unspecified atom stereocenters. The van der Waals surface area contributed by atoms with Gasteiger partial charge < -0.3 is 14.5 Å². The second kappa shape index (κ2) is 6.01. The summed E-state index contributed by atoms with van der Waals surface area (Å²) in [5.74, 6) is 1.35. The number of benzene rings is 2. The first kappa shape index (κ1) is 14.3. The van der Waals surface area contributed by atoms with E-state index in [-0.39, 0.29) is 5.75 Å². The summed E-state index contributed by atoms with van der Waals surface area (Å²) in [6, 6.07) is 12.7. The molecule has 0 aliphatic heterocycles. The highest BCUT2D eigenvalue weighted by molar-refractivity contribution is 5.79. The molecule has 0 aliphatic carbocycles. The quantitative estimate of drug-likeness (QED) is 0.778. The summed E-state index contributed by atoms with van der Waals surface area (Å²) in [7, 11) is 1.47. The highest BCUT2D eigenvalue weighted by Crippen LogP contribution is 2.32. The van der Waals surface area contributed by atoms with Gasteiger partial charge in [0.15, 0.2) is 11.5 Å². The fraction of sp³-hybridized carbons (Fsp3) is 0.188. The van der Waals surface area contributed by atoms with E-state index in [2.05, 4.69) is 9.97 Å². The van der Waals surface area contributed by atoms with E-state index in [1.807, 2.05) is 24.3 Å². The number of aromatic amines is 1. The molecule has 0 saturated carbocycles. The van der Waals surface area contributed by atoms with E-state index in [1.165, 1.54) is 7.11 Å². The third kappa shape index (κ3) is 2.86. The van der Waals surface area contributed by atoms with Crippen LogP contribution in [-0.4, -0.2) is 30.1 Å². The van der Waals surface area contributed by atoms with Gasteiger partial charge in [-0.15, -0.1) is 0 Å². The molecule has 4 nitrogen and oxygen atoms in total. The highest BCUT2D eigenvalue weighted by atomic mass is 19.3. The molecule has 0 fully saturated rings. The number of nitrogens with one attached hydrogen (secondary N) is 1. The zero-order valence-corrected chi connectivity index (χ0v) is 11.8. The first-order valence-electron chi connectivity index (χ1n) is 6.71. The molecular weight excluding hydrogens is 290 g/mol. The van der Waals surface area contributed by atoms with Crippen LogP contribution < -0.4 is 9.47 Å². The van der Waals surface area contributed by atoms with Crippen molar-refractivity contribution in [3.8, 4) is 22.9 Å². The minimum atomic E-state index is -2.53. The van der Waals surface area contributed by atoms with Crippen LogP contribution in [0.1, 0.15) is 0 Å². The van der Waals surface area contributed by atoms with Gasteiger partial charge in [-0.3, -0.25) is 0 Å². The van der Waals surface area contributed by atoms with E-state index < -0.39 is 13.0 Å². The Balaban J connectivity index is 1.94. The second-order valence-corrected chi connectivity index (χ2v) is 4.67. The van der Waals surface area contributed by atoms with Gasteiger partial charge in [0.05, 0.1) is 18.1 Å². The fourth-order valence-electron chi connectivity index (χ4n) is 2.18. The fourth-order valence-corrected chi connectivity index (χ4v) is 2.18. The molecule has 0 amide bonds. The first-order valence-corrected chi connectivity index (χ1v) is 6.71. The maximum Gasteiger partial charge on any atom is 0.272 e. The number of aromatic nitrogens is 2. The lowest BCUT2D eigenvalue weighted by Crippen LogP contribution is -2.07. The normalized spacial score (nSPS) is 11.1. The Bertz CT molecular complexity index is 754. The topological polar surface area (TPSA) is 47.1 Å². The van der Waals surface area contributed by atoms with E-state index in [0.29, 0.717) is 11.6 Å². The van der Waals surface area contributed by atoms with Crippen LogP contribution >= 0.6 is 0 Å². The number of methoxy groups -OCH3 is 1. The minimum Gasteiger partial charge on any atom is -0.493 e. The summed E-state index contributed by atoms with van der Waals surface area (Å²) in [6.07, 6.45) is -2.53. The van der Waals surface area contributed by atoms with Gasteiger partial charge in [-0.2, -0.15) is 0 Å². The number of hydrogen-bond donors (Lipinski definition) is 1. The Morgan fingerprint density at radius 1 is 1.14 bits per heavy atom. The van der Waals surface area contributed by atoms with Gasteiger partial charge in [-0.05, 0) is 30.3 Å². The summed E-state index contributed by atoms with van der Waals surface area (Å²) in [6.45, 7) is -0.666. The van der Waals surface area contributed by atoms with E-state index >= 15 is 0 Å². The first-order chi connectivity index (χ1) is 10.7. The van der Waals surface area contributed by atoms with E-state index in [9.17, 15) is 8.78 Å². The Morgan fingerprint density at radius 2 is 1.95 bits per heavy atom. The van der Waals surface area contributed by atoms with Crippen LogP contribution in [-0.2, 0) is 0 Å². The molecule has 0 saturated heterocycles. The molecule has 0 atom stereocenters. The van der Waals surface area contributed by atoms with Gasteiger partial charge in [-0.1, -0.05) is 12.1 Å². The lowest BCUT2D eigenvalue weighted by Gasteiger charge is -2.11. The number of hydrogen-bond acceptors (Lipinski definition) is 3. The molecule has 6 heteroatoms. The highest BCUT2D eigenvalue weighted by Gasteiger charge is 2.12. The lowest BCUT2D eigenvalue weighted by molar-refractivity contribution is 0.0804. The molecule has 0 spiro atoms. The number of alkyl halides is 2. The third-order valence-corrected chi connectivity index (χ3v) is 3.19. The number of fused-ring (bicyclic) bond motifs is 1. The van der Waals surface area contributed by atoms with Crippen LogP contribution in [0.2, 0.25) is 0 Å². The third-order valence-electron chi connectivity index (χ3n) is 3.19. The zero-order valence-electron chi connectivity index (χ0n) is 11.8. The number of halogens is 2. The number of ether oxygens (including phenoxy) is 2. The zero-order chi connectivity index (χ0) is 15.5. The van der Waals surface area contributed by atoms with Crippen molar-refractivity contribution in [1.82, 2.24) is 9.97 Å². The van der Waals surface area contributed by atoms with Gasteiger partial charge in [0.2, 0.25) is 0 Å². The Morgan fingerprint density at radius 3 is 2.68 bits per heavy atom. The molecule has 3 aromatic rings. The Hall–Kier alpha value is -2.63. The monoisotopic (exact) mass is 304 g/mol. The average Bonchev–Trinajstić information content (AvgIpc) is 2.96. The number of rotatable bonds is 5. The van der Waals surface area contributed by atoms with Crippen molar-refractivity contribution in [3.63, 3.8) is 0 Å². The molecule has 3 rings (SSSR count). The Labute approximate surface area is 125 Å². The molecule has 1 heterocycles. The number of H-pyrrole nitrogens is 1. The van der Waals surface area contributed by atoms with Crippen molar-refractivity contribution in [2.45, 2.75) is 6.43 Å². The summed E-state index contributed by atoms with van der Waals surface area (Å²) in [4.78, 5) is 7.70. The van der Waals surface area contributed by atoms with Crippen LogP contribution in [0.4, 0.5) is 8.78 Å². The van der Waals surface area contributed by atoms with Crippen molar-refractivity contribution in [3.05, 3.63) is 42.5 Å². The molecule has 0 bridgehead atoms.